The highest BCUT2D eigenvalue weighted by molar-refractivity contribution is 5.77. The Morgan fingerprint density at radius 2 is 0.716 bits per heavy atom. The first kappa shape index (κ1) is 113. The molecule has 8 aliphatic heterocycles. The number of carbonyl (C=O) groups is 4. The predicted octanol–water partition coefficient (Wildman–Crippen LogP) is 4.06. The first-order valence-electron chi connectivity index (χ1n) is 48.5. The molecule has 0 unspecified atom stereocenters. The van der Waals surface area contributed by atoms with Crippen LogP contribution >= 0.6 is 0 Å². The van der Waals surface area contributed by atoms with Crippen molar-refractivity contribution >= 4 is 24.2 Å². The average Bonchev–Trinajstić information content (AvgIpc) is 1.57. The van der Waals surface area contributed by atoms with Crippen LogP contribution in [-0.4, -0.2) is 403 Å². The third-order valence-corrected chi connectivity index (χ3v) is 22.8. The number of rotatable bonds is 64. The number of ether oxygens (including phenoxy) is 30. The van der Waals surface area contributed by atoms with Crippen LogP contribution in [0.3, 0.4) is 0 Å². The van der Waals surface area contributed by atoms with E-state index in [4.69, 9.17) is 142 Å². The normalized spacial score (nSPS) is 26.4. The van der Waals surface area contributed by atoms with Crippen LogP contribution in [0, 0.1) is 0 Å². The lowest BCUT2D eigenvalue weighted by Crippen LogP contribution is -2.68. The molecule has 0 saturated carbocycles. The minimum Gasteiger partial charge on any atom is -0.444 e. The van der Waals surface area contributed by atoms with E-state index in [0.29, 0.717) is 169 Å². The van der Waals surface area contributed by atoms with Crippen LogP contribution in [0.15, 0.2) is 48.9 Å². The van der Waals surface area contributed by atoms with Crippen LogP contribution in [0.5, 0.6) is 0 Å². The molecule has 1 aromatic carbocycles. The number of fused-ring (bicyclic) bond motifs is 9. The van der Waals surface area contributed by atoms with Gasteiger partial charge in [0.1, 0.15) is 111 Å². The summed E-state index contributed by atoms with van der Waals surface area (Å²) in [5, 5.41) is 48.8. The molecule has 8 saturated heterocycles. The summed E-state index contributed by atoms with van der Waals surface area (Å²) in [4.78, 5) is 52.5. The second kappa shape index (κ2) is 52.9. The summed E-state index contributed by atoms with van der Waals surface area (Å²) in [7, 11) is 0. The third kappa shape index (κ3) is 36.1. The number of amides is 4. The Morgan fingerprint density at radius 1 is 0.383 bits per heavy atom. The first-order valence-corrected chi connectivity index (χ1v) is 48.5. The van der Waals surface area contributed by atoms with E-state index < -0.39 is 148 Å². The van der Waals surface area contributed by atoms with E-state index in [1.165, 1.54) is 0 Å². The van der Waals surface area contributed by atoms with Crippen molar-refractivity contribution < 1.29 is 166 Å². The van der Waals surface area contributed by atoms with Gasteiger partial charge < -0.3 is 168 Å². The van der Waals surface area contributed by atoms with Crippen LogP contribution in [0.4, 0.5) is 14.4 Å². The summed E-state index contributed by atoms with van der Waals surface area (Å²) in [5.74, 6) is -3.18. The van der Waals surface area contributed by atoms with E-state index >= 15 is 0 Å². The molecular weight excluding hydrogens is 1860 g/mol. The predicted molar refractivity (Wildman–Crippen MR) is 489 cm³/mol. The SMILES string of the molecule is CC(C)(C)OC(=O)N[C@@H]1[C@H]2OC(C)(C)O[C@H]2[C@@](C)(COCCOCCOCCOCCn2cc(COCC(COCc3cn(CCOCCOCCOCCOC[C@@]45CO[C@@H](O4)[C@H](NC(=O)OC(C)(C)C)[C@H]4OC(C)(C)O[C@H]45)nn3)(COCc3cn(CCOCCOCCOCCOC[C@@]45CO[C@@H](O4)[C@H](NC(=O)OC(C)(C)C)[C@H]4OC(C)(C)O[C@H]45)nn3)NC(=O)CCCOCc3ccccc3)nn2)O[C@@H]1O. The Morgan fingerprint density at radius 3 is 1.09 bits per heavy atom. The summed E-state index contributed by atoms with van der Waals surface area (Å²) in [6, 6.07) is 7.49. The molecule has 3 aromatic heterocycles. The molecule has 141 heavy (non-hydrogen) atoms. The minimum atomic E-state index is -1.43. The molecule has 48 nitrogen and oxygen atoms in total. The highest BCUT2D eigenvalue weighted by atomic mass is 16.8. The number of aromatic nitrogens is 9. The Kier molecular flexibility index (Phi) is 42.2. The molecule has 15 atom stereocenters. The van der Waals surface area contributed by atoms with Crippen molar-refractivity contribution in [2.45, 2.75) is 300 Å². The number of benzene rings is 1. The van der Waals surface area contributed by atoms with E-state index in [1.54, 1.807) is 116 Å². The maximum absolute atomic E-state index is 14.2. The summed E-state index contributed by atoms with van der Waals surface area (Å²) in [5.41, 5.74) is -3.93. The van der Waals surface area contributed by atoms with Gasteiger partial charge in [-0.3, -0.25) is 4.79 Å². The van der Waals surface area contributed by atoms with Crippen LogP contribution in [0.2, 0.25) is 0 Å². The Balaban J connectivity index is 0.561. The number of nitrogens with one attached hydrogen (secondary N) is 4. The number of aliphatic hydroxyl groups excluding tert-OH is 1. The minimum absolute atomic E-state index is 0.00295. The van der Waals surface area contributed by atoms with E-state index in [0.717, 1.165) is 5.56 Å². The van der Waals surface area contributed by atoms with Gasteiger partial charge in [-0.2, -0.15) is 0 Å². The number of carbonyl (C=O) groups excluding carboxylic acids is 4. The lowest BCUT2D eigenvalue weighted by molar-refractivity contribution is -0.279. The average molecular weight is 2010 g/mol. The lowest BCUT2D eigenvalue weighted by atomic mass is 9.87. The first-order chi connectivity index (χ1) is 67.2. The Bertz CT molecular complexity index is 4220. The van der Waals surface area contributed by atoms with Crippen molar-refractivity contribution in [2.24, 2.45) is 0 Å². The van der Waals surface area contributed by atoms with Gasteiger partial charge in [0, 0.05) is 13.0 Å². The van der Waals surface area contributed by atoms with Crippen LogP contribution in [-0.2, 0) is 193 Å². The summed E-state index contributed by atoms with van der Waals surface area (Å²) >= 11 is 0. The Hall–Kier alpha value is -7.20. The second-order valence-electron chi connectivity index (χ2n) is 40.2. The van der Waals surface area contributed by atoms with Gasteiger partial charge in [0.15, 0.2) is 36.2 Å². The smallest absolute Gasteiger partial charge is 0.408 e. The molecule has 0 radical (unpaired) electrons. The number of hydrogen-bond acceptors (Lipinski definition) is 41. The van der Waals surface area contributed by atoms with Crippen molar-refractivity contribution in [3.05, 3.63) is 71.6 Å². The van der Waals surface area contributed by atoms with Gasteiger partial charge in [-0.05, 0) is 123 Å². The quantitative estimate of drug-likeness (QED) is 0.0307. The molecule has 8 fully saturated rings. The molecule has 8 aliphatic rings. The topological polar surface area (TPSA) is 506 Å². The molecular formula is C93H151N13O35. The molecule has 12 rings (SSSR count). The van der Waals surface area contributed by atoms with Crippen molar-refractivity contribution in [2.75, 3.05) is 198 Å². The maximum atomic E-state index is 14.2. The fourth-order valence-corrected chi connectivity index (χ4v) is 16.7. The number of nitrogens with zero attached hydrogens (tertiary/aromatic N) is 9. The van der Waals surface area contributed by atoms with E-state index in [9.17, 15) is 24.3 Å². The van der Waals surface area contributed by atoms with Gasteiger partial charge >= 0.3 is 18.3 Å². The molecule has 4 aromatic rings. The van der Waals surface area contributed by atoms with Crippen molar-refractivity contribution in [1.29, 1.82) is 0 Å². The van der Waals surface area contributed by atoms with Crippen molar-refractivity contribution in [3.63, 3.8) is 0 Å². The maximum Gasteiger partial charge on any atom is 0.408 e. The van der Waals surface area contributed by atoms with Crippen LogP contribution in [0.1, 0.15) is 146 Å². The monoisotopic (exact) mass is 2010 g/mol. The molecule has 0 spiro atoms. The van der Waals surface area contributed by atoms with Crippen molar-refractivity contribution in [3.8, 4) is 0 Å². The van der Waals surface area contributed by atoms with Crippen molar-refractivity contribution in [1.82, 2.24) is 66.2 Å². The van der Waals surface area contributed by atoms with Gasteiger partial charge in [-0.15, -0.1) is 15.3 Å². The van der Waals surface area contributed by atoms with Gasteiger partial charge in [0.05, 0.1) is 256 Å². The van der Waals surface area contributed by atoms with Gasteiger partial charge in [-0.25, -0.2) is 28.4 Å². The standard InChI is InChI=1S/C93H151N13O35/c1-84(2,3)139-81(109)94-69-72-75(133-87(10,11)130-72)90(16,136-78(69)108)56-122-46-43-118-40-37-115-34-31-112-28-24-104-49-65(98-101-104)53-125-57-91(97-68(107)23-20-27-121-52-64-21-18-17-19-22-64,58-126-54-66-50-105(102-99-66)25-29-113-32-35-116-38-41-119-44-47-123-60-92-62-128-79(137-92)70(95-82(110)140-85(4,5)6)73-76(92)134-88(12,13)131-73)59-127-55-67-51-106(103-100-67)26-30-114-33-36-117-39-42-120-45-48-124-61-93-63-129-80(138-93)71(96-83(111)141-86(7,8)9)74-77(93)135-89(14,15)132-74/h17-19,21-22,49-51,69-80,108H,20,23-48,52-63H2,1-16H3,(H,94,109)(H,95,110)(H,96,111)(H,97,107)/t69-,70-,71-,72-,73-,74-,75-,76-,77-,78+,79+,80+,90-,92+,93+/m1/s1. The molecule has 798 valence electrons. The van der Waals surface area contributed by atoms with E-state index in [1.807, 2.05) is 58.0 Å². The Labute approximate surface area is 823 Å². The lowest BCUT2D eigenvalue weighted by Gasteiger charge is -2.46. The van der Waals surface area contributed by atoms with Crippen LogP contribution < -0.4 is 21.3 Å². The molecule has 4 bridgehead atoms. The highest BCUT2D eigenvalue weighted by Crippen LogP contribution is 2.49. The zero-order chi connectivity index (χ0) is 101. The van der Waals surface area contributed by atoms with E-state index in [2.05, 4.69) is 52.2 Å². The number of hydrogen-bond donors (Lipinski definition) is 5. The van der Waals surface area contributed by atoms with Gasteiger partial charge in [0.25, 0.3) is 0 Å². The highest BCUT2D eigenvalue weighted by Gasteiger charge is 2.69. The molecule has 0 aliphatic carbocycles. The molecule has 48 heteroatoms. The van der Waals surface area contributed by atoms with Crippen LogP contribution in [0.25, 0.3) is 0 Å². The summed E-state index contributed by atoms with van der Waals surface area (Å²) in [6.07, 6.45) is -2.91. The van der Waals surface area contributed by atoms with Gasteiger partial charge in [-0.1, -0.05) is 46.0 Å². The zero-order valence-electron chi connectivity index (χ0n) is 84.5. The fraction of sp³-hybridized carbons (Fsp3) is 0.828. The molecule has 4 amide bonds. The number of aliphatic hydroxyl groups is 1. The fourth-order valence-electron chi connectivity index (χ4n) is 16.7. The summed E-state index contributed by atoms with van der Waals surface area (Å²) < 4.78 is 185. The second-order valence-corrected chi connectivity index (χ2v) is 40.2. The summed E-state index contributed by atoms with van der Waals surface area (Å²) in [6.45, 7) is 37.2. The third-order valence-electron chi connectivity index (χ3n) is 22.8. The molecule has 5 N–H and O–H groups in total. The van der Waals surface area contributed by atoms with E-state index in [-0.39, 0.29) is 111 Å². The largest absolute Gasteiger partial charge is 0.444 e. The zero-order valence-corrected chi connectivity index (χ0v) is 84.5. The molecule has 11 heterocycles. The van der Waals surface area contributed by atoms with Gasteiger partial charge in [0.2, 0.25) is 5.91 Å². The number of alkyl carbamates (subject to hydrolysis) is 3.